The molecular weight excluding hydrogens is 222 g/mol. The normalized spacial score (nSPS) is 10.9. The van der Waals surface area contributed by atoms with E-state index in [1.54, 1.807) is 0 Å². The van der Waals surface area contributed by atoms with Gasteiger partial charge in [-0.1, -0.05) is 12.1 Å². The summed E-state index contributed by atoms with van der Waals surface area (Å²) in [7, 11) is 1.98. The quantitative estimate of drug-likeness (QED) is 0.894. The third kappa shape index (κ3) is 2.31. The number of aromatic nitrogens is 2. The van der Waals surface area contributed by atoms with Crippen molar-refractivity contribution >= 4 is 0 Å². The van der Waals surface area contributed by atoms with E-state index in [9.17, 15) is 0 Å². The Bertz CT molecular complexity index is 541. The van der Waals surface area contributed by atoms with Crippen molar-refractivity contribution in [3.05, 3.63) is 46.8 Å². The number of nitrogens with one attached hydrogen (secondary N) is 1. The van der Waals surface area contributed by atoms with Crippen molar-refractivity contribution in [1.82, 2.24) is 15.1 Å². The zero-order valence-corrected chi connectivity index (χ0v) is 11.6. The standard InChI is InChI=1S/C15H21N3/c1-11-6-5-7-15(12(11)2)18-13(3)14(10-17-18)8-9-16-4/h5-7,10,16H,8-9H2,1-4H3. The molecule has 3 nitrogen and oxygen atoms in total. The highest BCUT2D eigenvalue weighted by Gasteiger charge is 2.10. The topological polar surface area (TPSA) is 29.9 Å². The second-order valence-electron chi connectivity index (χ2n) is 4.74. The van der Waals surface area contributed by atoms with Gasteiger partial charge in [0.1, 0.15) is 0 Å². The van der Waals surface area contributed by atoms with Gasteiger partial charge in [0.15, 0.2) is 0 Å². The summed E-state index contributed by atoms with van der Waals surface area (Å²) >= 11 is 0. The van der Waals surface area contributed by atoms with Gasteiger partial charge in [0.25, 0.3) is 0 Å². The van der Waals surface area contributed by atoms with Crippen LogP contribution in [0.2, 0.25) is 0 Å². The Kier molecular flexibility index (Phi) is 3.82. The Labute approximate surface area is 109 Å². The zero-order valence-electron chi connectivity index (χ0n) is 11.6. The highest BCUT2D eigenvalue weighted by molar-refractivity contribution is 5.45. The van der Waals surface area contributed by atoms with Crippen molar-refractivity contribution in [3.8, 4) is 5.69 Å². The highest BCUT2D eigenvalue weighted by atomic mass is 15.3. The van der Waals surface area contributed by atoms with Gasteiger partial charge >= 0.3 is 0 Å². The van der Waals surface area contributed by atoms with Gasteiger partial charge in [0, 0.05) is 5.69 Å². The summed E-state index contributed by atoms with van der Waals surface area (Å²) in [6.45, 7) is 7.41. The first-order chi connectivity index (χ1) is 8.65. The molecule has 0 aliphatic rings. The Balaban J connectivity index is 2.39. The third-order valence-corrected chi connectivity index (χ3v) is 3.56. The van der Waals surface area contributed by atoms with Crippen molar-refractivity contribution in [2.45, 2.75) is 27.2 Å². The molecule has 0 radical (unpaired) electrons. The van der Waals surface area contributed by atoms with Gasteiger partial charge < -0.3 is 5.32 Å². The maximum atomic E-state index is 4.53. The SMILES string of the molecule is CNCCc1cnn(-c2cccc(C)c2C)c1C. The number of benzene rings is 1. The Morgan fingerprint density at radius 1 is 1.22 bits per heavy atom. The van der Waals surface area contributed by atoms with Crippen LogP contribution in [0.15, 0.2) is 24.4 Å². The predicted molar refractivity (Wildman–Crippen MR) is 75.4 cm³/mol. The summed E-state index contributed by atoms with van der Waals surface area (Å²) in [6, 6.07) is 6.36. The molecule has 0 aliphatic heterocycles. The van der Waals surface area contributed by atoms with E-state index in [0.29, 0.717) is 0 Å². The molecule has 0 saturated carbocycles. The van der Waals surface area contributed by atoms with Crippen LogP contribution in [-0.4, -0.2) is 23.4 Å². The fourth-order valence-electron chi connectivity index (χ4n) is 2.16. The number of likely N-dealkylation sites (N-methyl/N-ethyl adjacent to an activating group) is 1. The zero-order chi connectivity index (χ0) is 13.1. The molecular formula is C15H21N3. The smallest absolute Gasteiger partial charge is 0.0680 e. The van der Waals surface area contributed by atoms with Crippen molar-refractivity contribution in [2.75, 3.05) is 13.6 Å². The summed E-state index contributed by atoms with van der Waals surface area (Å²) in [5, 5.41) is 7.71. The van der Waals surface area contributed by atoms with Crippen molar-refractivity contribution < 1.29 is 0 Å². The van der Waals surface area contributed by atoms with Gasteiger partial charge in [-0.15, -0.1) is 0 Å². The molecule has 1 aromatic carbocycles. The molecule has 2 rings (SSSR count). The average molecular weight is 243 g/mol. The Hall–Kier alpha value is -1.61. The first kappa shape index (κ1) is 12.8. The summed E-state index contributed by atoms with van der Waals surface area (Å²) in [5.74, 6) is 0. The molecule has 0 fully saturated rings. The number of rotatable bonds is 4. The van der Waals surface area contributed by atoms with Gasteiger partial charge in [0.2, 0.25) is 0 Å². The molecule has 1 N–H and O–H groups in total. The molecule has 0 bridgehead atoms. The second-order valence-corrected chi connectivity index (χ2v) is 4.74. The molecule has 2 aromatic rings. The van der Waals surface area contributed by atoms with Crippen LogP contribution in [0.25, 0.3) is 5.69 Å². The largest absolute Gasteiger partial charge is 0.319 e. The molecule has 18 heavy (non-hydrogen) atoms. The molecule has 3 heteroatoms. The van der Waals surface area contributed by atoms with Crippen LogP contribution >= 0.6 is 0 Å². The van der Waals surface area contributed by atoms with Crippen molar-refractivity contribution in [1.29, 1.82) is 0 Å². The second kappa shape index (κ2) is 5.36. The molecule has 0 atom stereocenters. The van der Waals surface area contributed by atoms with Crippen LogP contribution in [0.3, 0.4) is 0 Å². The monoisotopic (exact) mass is 243 g/mol. The van der Waals surface area contributed by atoms with Crippen LogP contribution < -0.4 is 5.32 Å². The molecule has 1 aromatic heterocycles. The van der Waals surface area contributed by atoms with E-state index in [2.05, 4.69) is 49.4 Å². The molecule has 0 unspecified atom stereocenters. The molecule has 0 amide bonds. The Morgan fingerprint density at radius 3 is 2.72 bits per heavy atom. The van der Waals surface area contributed by atoms with Gasteiger partial charge in [-0.25, -0.2) is 4.68 Å². The van der Waals surface area contributed by atoms with E-state index in [4.69, 9.17) is 0 Å². The van der Waals surface area contributed by atoms with Gasteiger partial charge in [-0.05, 0) is 63.5 Å². The van der Waals surface area contributed by atoms with Crippen LogP contribution in [0.1, 0.15) is 22.4 Å². The molecule has 0 saturated heterocycles. The first-order valence-electron chi connectivity index (χ1n) is 6.40. The minimum atomic E-state index is 0.985. The minimum Gasteiger partial charge on any atom is -0.319 e. The Morgan fingerprint density at radius 2 is 2.00 bits per heavy atom. The molecule has 96 valence electrons. The van der Waals surface area contributed by atoms with Gasteiger partial charge in [-0.3, -0.25) is 0 Å². The summed E-state index contributed by atoms with van der Waals surface area (Å²) < 4.78 is 2.05. The van der Waals surface area contributed by atoms with E-state index in [0.717, 1.165) is 13.0 Å². The van der Waals surface area contributed by atoms with Crippen LogP contribution in [0.5, 0.6) is 0 Å². The third-order valence-electron chi connectivity index (χ3n) is 3.56. The van der Waals surface area contributed by atoms with E-state index >= 15 is 0 Å². The van der Waals surface area contributed by atoms with Crippen molar-refractivity contribution in [3.63, 3.8) is 0 Å². The number of hydrogen-bond acceptors (Lipinski definition) is 2. The van der Waals surface area contributed by atoms with E-state index in [1.165, 1.54) is 28.1 Å². The van der Waals surface area contributed by atoms with E-state index < -0.39 is 0 Å². The molecule has 0 spiro atoms. The number of hydrogen-bond donors (Lipinski definition) is 1. The van der Waals surface area contributed by atoms with Gasteiger partial charge in [-0.2, -0.15) is 5.10 Å². The van der Waals surface area contributed by atoms with Crippen molar-refractivity contribution in [2.24, 2.45) is 0 Å². The lowest BCUT2D eigenvalue weighted by Gasteiger charge is -2.10. The minimum absolute atomic E-state index is 0.985. The van der Waals surface area contributed by atoms with Crippen LogP contribution in [0.4, 0.5) is 0 Å². The highest BCUT2D eigenvalue weighted by Crippen LogP contribution is 2.20. The lowest BCUT2D eigenvalue weighted by atomic mass is 10.1. The maximum absolute atomic E-state index is 4.53. The molecule has 0 aliphatic carbocycles. The molecule has 1 heterocycles. The van der Waals surface area contributed by atoms with Crippen LogP contribution in [0, 0.1) is 20.8 Å². The fourth-order valence-corrected chi connectivity index (χ4v) is 2.16. The predicted octanol–water partition coefficient (Wildman–Crippen LogP) is 2.56. The van der Waals surface area contributed by atoms with Crippen LogP contribution in [-0.2, 0) is 6.42 Å². The number of aryl methyl sites for hydroxylation is 1. The van der Waals surface area contributed by atoms with Gasteiger partial charge in [0.05, 0.1) is 11.9 Å². The average Bonchev–Trinajstić information content (AvgIpc) is 2.72. The summed E-state index contributed by atoms with van der Waals surface area (Å²) in [5.41, 5.74) is 6.33. The lowest BCUT2D eigenvalue weighted by molar-refractivity contribution is 0.784. The summed E-state index contributed by atoms with van der Waals surface area (Å²) in [4.78, 5) is 0. The fraction of sp³-hybridized carbons (Fsp3) is 0.400. The lowest BCUT2D eigenvalue weighted by Crippen LogP contribution is -2.11. The summed E-state index contributed by atoms with van der Waals surface area (Å²) in [6.07, 6.45) is 3.00. The van der Waals surface area contributed by atoms with E-state index in [1.807, 2.05) is 17.9 Å². The first-order valence-corrected chi connectivity index (χ1v) is 6.40. The number of nitrogens with zero attached hydrogens (tertiary/aromatic N) is 2. The van der Waals surface area contributed by atoms with E-state index in [-0.39, 0.29) is 0 Å². The maximum Gasteiger partial charge on any atom is 0.0680 e.